The lowest BCUT2D eigenvalue weighted by Gasteiger charge is -2.27. The minimum Gasteiger partial charge on any atom is -0.268 e. The van der Waals surface area contributed by atoms with Crippen LogP contribution in [-0.4, -0.2) is 11.8 Å². The van der Waals surface area contributed by atoms with E-state index in [0.29, 0.717) is 16.8 Å². The molecule has 112 valence electrons. The Morgan fingerprint density at radius 3 is 2.17 bits per heavy atom. The first-order valence-electron chi connectivity index (χ1n) is 7.24. The van der Waals surface area contributed by atoms with Crippen molar-refractivity contribution in [3.05, 3.63) is 75.8 Å². The molecule has 2 amide bonds. The second-order valence-electron chi connectivity index (χ2n) is 5.60. The van der Waals surface area contributed by atoms with Gasteiger partial charge >= 0.3 is 0 Å². The molecule has 0 radical (unpaired) electrons. The van der Waals surface area contributed by atoms with Gasteiger partial charge in [0.25, 0.3) is 11.8 Å². The number of benzene rings is 3. The van der Waals surface area contributed by atoms with Gasteiger partial charge in [-0.3, -0.25) is 9.59 Å². The van der Waals surface area contributed by atoms with Crippen molar-refractivity contribution in [2.24, 2.45) is 0 Å². The lowest BCUT2D eigenvalue weighted by Crippen LogP contribution is -2.40. The molecule has 0 saturated carbocycles. The summed E-state index contributed by atoms with van der Waals surface area (Å²) in [6.07, 6.45) is 0. The SMILES string of the molecule is Cc1ccc(N2C(=O)c3cccc4c(Br)ccc(c34)C2=O)cc1. The number of hydrogen-bond donors (Lipinski definition) is 0. The van der Waals surface area contributed by atoms with Gasteiger partial charge in [-0.25, -0.2) is 4.90 Å². The predicted molar refractivity (Wildman–Crippen MR) is 94.0 cm³/mol. The van der Waals surface area contributed by atoms with Gasteiger partial charge in [0, 0.05) is 21.0 Å². The van der Waals surface area contributed by atoms with Crippen LogP contribution in [0.15, 0.2) is 59.1 Å². The maximum absolute atomic E-state index is 12.9. The lowest BCUT2D eigenvalue weighted by molar-refractivity contribution is 0.0893. The Hall–Kier alpha value is -2.46. The standard InChI is InChI=1S/C19H12BrNO2/c1-11-5-7-12(8-6-11)21-18(22)14-4-2-3-13-16(20)10-9-15(17(13)14)19(21)23/h2-10H,1H3. The molecule has 4 heteroatoms. The number of nitrogens with zero attached hydrogens (tertiary/aromatic N) is 1. The first-order chi connectivity index (χ1) is 11.1. The van der Waals surface area contributed by atoms with E-state index in [9.17, 15) is 9.59 Å². The fraction of sp³-hybridized carbons (Fsp3) is 0.0526. The number of halogens is 1. The maximum atomic E-state index is 12.9. The third-order valence-electron chi connectivity index (χ3n) is 4.15. The highest BCUT2D eigenvalue weighted by atomic mass is 79.9. The molecule has 1 aliphatic heterocycles. The van der Waals surface area contributed by atoms with Crippen LogP contribution < -0.4 is 4.90 Å². The van der Waals surface area contributed by atoms with E-state index in [4.69, 9.17) is 0 Å². The van der Waals surface area contributed by atoms with Crippen molar-refractivity contribution in [3.8, 4) is 0 Å². The van der Waals surface area contributed by atoms with Crippen molar-refractivity contribution in [2.45, 2.75) is 6.92 Å². The molecular formula is C19H12BrNO2. The molecular weight excluding hydrogens is 354 g/mol. The zero-order chi connectivity index (χ0) is 16.1. The van der Waals surface area contributed by atoms with Crippen molar-refractivity contribution < 1.29 is 9.59 Å². The van der Waals surface area contributed by atoms with Crippen LogP contribution in [0.3, 0.4) is 0 Å². The molecule has 0 saturated heterocycles. The Morgan fingerprint density at radius 1 is 0.826 bits per heavy atom. The summed E-state index contributed by atoms with van der Waals surface area (Å²) in [5.41, 5.74) is 2.78. The molecule has 3 nitrogen and oxygen atoms in total. The molecule has 3 aromatic rings. The number of amides is 2. The third-order valence-corrected chi connectivity index (χ3v) is 4.84. The fourth-order valence-electron chi connectivity index (χ4n) is 2.99. The van der Waals surface area contributed by atoms with Gasteiger partial charge in [0.05, 0.1) is 5.69 Å². The summed E-state index contributed by atoms with van der Waals surface area (Å²) in [5, 5.41) is 1.60. The Balaban J connectivity index is 1.99. The molecule has 0 spiro atoms. The molecule has 23 heavy (non-hydrogen) atoms. The summed E-state index contributed by atoms with van der Waals surface area (Å²) >= 11 is 3.49. The van der Waals surface area contributed by atoms with Crippen LogP contribution in [0.4, 0.5) is 5.69 Å². The summed E-state index contributed by atoms with van der Waals surface area (Å²) in [5.74, 6) is -0.565. The predicted octanol–water partition coefficient (Wildman–Crippen LogP) is 4.71. The highest BCUT2D eigenvalue weighted by Gasteiger charge is 2.34. The largest absolute Gasteiger partial charge is 0.268 e. The molecule has 0 fully saturated rings. The van der Waals surface area contributed by atoms with Gasteiger partial charge in [-0.15, -0.1) is 0 Å². The molecule has 1 heterocycles. The quantitative estimate of drug-likeness (QED) is 0.585. The monoisotopic (exact) mass is 365 g/mol. The average molecular weight is 366 g/mol. The number of imide groups is 1. The molecule has 0 atom stereocenters. The minimum absolute atomic E-state index is 0.282. The van der Waals surface area contributed by atoms with Crippen LogP contribution >= 0.6 is 15.9 Å². The number of aryl methyl sites for hydroxylation is 1. The van der Waals surface area contributed by atoms with Gasteiger partial charge in [-0.05, 0) is 42.6 Å². The van der Waals surface area contributed by atoms with Crippen molar-refractivity contribution >= 4 is 44.2 Å². The summed E-state index contributed by atoms with van der Waals surface area (Å²) in [6, 6.07) is 16.5. The van der Waals surface area contributed by atoms with Crippen LogP contribution in [0.5, 0.6) is 0 Å². The third kappa shape index (κ3) is 2.02. The summed E-state index contributed by atoms with van der Waals surface area (Å²) in [7, 11) is 0. The van der Waals surface area contributed by atoms with Gasteiger partial charge in [-0.1, -0.05) is 45.8 Å². The zero-order valence-electron chi connectivity index (χ0n) is 12.3. The average Bonchev–Trinajstić information content (AvgIpc) is 2.56. The van der Waals surface area contributed by atoms with Gasteiger partial charge < -0.3 is 0 Å². The first-order valence-corrected chi connectivity index (χ1v) is 8.04. The van der Waals surface area contributed by atoms with E-state index < -0.39 is 0 Å². The number of carbonyl (C=O) groups excluding carboxylic acids is 2. The van der Waals surface area contributed by atoms with E-state index in [1.165, 1.54) is 4.90 Å². The molecule has 0 bridgehead atoms. The maximum Gasteiger partial charge on any atom is 0.265 e. The highest BCUT2D eigenvalue weighted by molar-refractivity contribution is 9.10. The van der Waals surface area contributed by atoms with Gasteiger partial charge in [0.1, 0.15) is 0 Å². The van der Waals surface area contributed by atoms with Gasteiger partial charge in [0.15, 0.2) is 0 Å². The number of carbonyl (C=O) groups is 2. The number of anilines is 1. The normalized spacial score (nSPS) is 13.7. The Labute approximate surface area is 141 Å². The number of rotatable bonds is 1. The van der Waals surface area contributed by atoms with Crippen LogP contribution in [0.25, 0.3) is 10.8 Å². The van der Waals surface area contributed by atoms with Crippen molar-refractivity contribution in [1.82, 2.24) is 0 Å². The van der Waals surface area contributed by atoms with Crippen LogP contribution in [0.1, 0.15) is 26.3 Å². The summed E-state index contributed by atoms with van der Waals surface area (Å²) < 4.78 is 0.877. The lowest BCUT2D eigenvalue weighted by atomic mass is 9.93. The Bertz CT molecular complexity index is 954. The second kappa shape index (κ2) is 5.03. The number of hydrogen-bond acceptors (Lipinski definition) is 2. The van der Waals surface area contributed by atoms with Crippen molar-refractivity contribution in [1.29, 1.82) is 0 Å². The first kappa shape index (κ1) is 14.2. The molecule has 0 aromatic heterocycles. The topological polar surface area (TPSA) is 37.4 Å². The van der Waals surface area contributed by atoms with Crippen molar-refractivity contribution in [2.75, 3.05) is 4.90 Å². The Kier molecular flexibility index (Phi) is 3.10. The van der Waals surface area contributed by atoms with E-state index in [2.05, 4.69) is 15.9 Å². The van der Waals surface area contributed by atoms with Crippen molar-refractivity contribution in [3.63, 3.8) is 0 Å². The molecule has 0 N–H and O–H groups in total. The van der Waals surface area contributed by atoms with E-state index in [0.717, 1.165) is 20.8 Å². The second-order valence-corrected chi connectivity index (χ2v) is 6.46. The van der Waals surface area contributed by atoms with Crippen LogP contribution in [0.2, 0.25) is 0 Å². The summed E-state index contributed by atoms with van der Waals surface area (Å²) in [4.78, 5) is 27.1. The fourth-order valence-corrected chi connectivity index (χ4v) is 3.45. The van der Waals surface area contributed by atoms with E-state index in [-0.39, 0.29) is 11.8 Å². The highest BCUT2D eigenvalue weighted by Crippen LogP contribution is 2.35. The zero-order valence-corrected chi connectivity index (χ0v) is 13.9. The molecule has 4 rings (SSSR count). The molecule has 0 unspecified atom stereocenters. The van der Waals surface area contributed by atoms with E-state index in [1.54, 1.807) is 24.3 Å². The molecule has 0 aliphatic carbocycles. The molecule has 1 aliphatic rings. The smallest absolute Gasteiger partial charge is 0.265 e. The summed E-state index contributed by atoms with van der Waals surface area (Å²) in [6.45, 7) is 1.97. The van der Waals surface area contributed by atoms with Gasteiger partial charge in [0.2, 0.25) is 0 Å². The Morgan fingerprint density at radius 2 is 1.48 bits per heavy atom. The minimum atomic E-state index is -0.282. The van der Waals surface area contributed by atoms with Gasteiger partial charge in [-0.2, -0.15) is 0 Å². The molecule has 3 aromatic carbocycles. The van der Waals surface area contributed by atoms with Crippen LogP contribution in [-0.2, 0) is 0 Å². The van der Waals surface area contributed by atoms with Crippen LogP contribution in [0, 0.1) is 6.92 Å². The van der Waals surface area contributed by atoms with E-state index in [1.807, 2.05) is 37.3 Å². The van der Waals surface area contributed by atoms with E-state index >= 15 is 0 Å².